The average Bonchev–Trinajstić information content (AvgIpc) is 2.49. The molecule has 0 aliphatic rings. The monoisotopic (exact) mass is 365 g/mol. The second-order valence-electron chi connectivity index (χ2n) is 4.84. The first-order chi connectivity index (χ1) is 10.3. The van der Waals surface area contributed by atoms with Crippen LogP contribution in [0, 0.1) is 5.92 Å². The molecule has 0 unspecified atom stereocenters. The van der Waals surface area contributed by atoms with Crippen LogP contribution in [0.3, 0.4) is 0 Å². The van der Waals surface area contributed by atoms with E-state index in [1.807, 2.05) is 0 Å². The molecular formula is C18H21O4Zn-. The number of benzene rings is 2. The van der Waals surface area contributed by atoms with E-state index >= 15 is 0 Å². The molecule has 0 spiro atoms. The zero-order valence-electron chi connectivity index (χ0n) is 13.7. The Hall–Kier alpha value is -2.00. The zero-order valence-corrected chi connectivity index (χ0v) is 16.7. The summed E-state index contributed by atoms with van der Waals surface area (Å²) in [4.78, 5) is 20.4. The van der Waals surface area contributed by atoms with Crippen LogP contribution in [0.4, 0.5) is 0 Å². The van der Waals surface area contributed by atoms with Crippen LogP contribution in [-0.4, -0.2) is 22.2 Å². The molecule has 0 radical (unpaired) electrons. The number of hydrogen-bond donors (Lipinski definition) is 2. The molecule has 2 aromatic carbocycles. The fraction of sp³-hybridized carbons (Fsp3) is 0.167. The third-order valence-corrected chi connectivity index (χ3v) is 2.04. The van der Waals surface area contributed by atoms with Crippen molar-refractivity contribution in [1.29, 1.82) is 0 Å². The Morgan fingerprint density at radius 1 is 0.696 bits per heavy atom. The van der Waals surface area contributed by atoms with Crippen LogP contribution < -0.4 is 0 Å². The van der Waals surface area contributed by atoms with Crippen LogP contribution in [0.2, 0.25) is 0 Å². The van der Waals surface area contributed by atoms with Crippen molar-refractivity contribution >= 4 is 11.9 Å². The third kappa shape index (κ3) is 13.4. The van der Waals surface area contributed by atoms with Crippen LogP contribution in [0.1, 0.15) is 41.5 Å². The fourth-order valence-corrected chi connectivity index (χ4v) is 1.16. The minimum atomic E-state index is -0.879. The van der Waals surface area contributed by atoms with Gasteiger partial charge in [0.25, 0.3) is 0 Å². The van der Waals surface area contributed by atoms with Gasteiger partial charge in [0.05, 0.1) is 11.1 Å². The molecule has 0 saturated carbocycles. The van der Waals surface area contributed by atoms with Gasteiger partial charge in [0, 0.05) is 19.5 Å². The van der Waals surface area contributed by atoms with Crippen molar-refractivity contribution in [3.8, 4) is 0 Å². The van der Waals surface area contributed by atoms with Crippen LogP contribution in [0.15, 0.2) is 60.7 Å². The topological polar surface area (TPSA) is 74.6 Å². The molecule has 0 fully saturated rings. The molecular weight excluding hydrogens is 346 g/mol. The van der Waals surface area contributed by atoms with Gasteiger partial charge in [-0.2, -0.15) is 20.8 Å². The molecule has 0 aliphatic heterocycles. The Morgan fingerprint density at radius 3 is 1.04 bits per heavy atom. The normalized spacial score (nSPS) is 8.52. The molecule has 0 saturated heterocycles. The van der Waals surface area contributed by atoms with E-state index in [9.17, 15) is 9.59 Å². The molecule has 0 heterocycles. The molecule has 2 rings (SSSR count). The van der Waals surface area contributed by atoms with Crippen LogP contribution in [0.5, 0.6) is 0 Å². The van der Waals surface area contributed by atoms with Gasteiger partial charge in [0.15, 0.2) is 0 Å². The second kappa shape index (κ2) is 13.7. The Bertz CT molecular complexity index is 501. The van der Waals surface area contributed by atoms with Gasteiger partial charge in [-0.05, 0) is 24.3 Å². The molecule has 4 nitrogen and oxygen atoms in total. The van der Waals surface area contributed by atoms with Crippen molar-refractivity contribution in [1.82, 2.24) is 0 Å². The predicted molar refractivity (Wildman–Crippen MR) is 87.1 cm³/mol. The maximum absolute atomic E-state index is 10.2. The minimum absolute atomic E-state index is 0. The van der Waals surface area contributed by atoms with Gasteiger partial charge in [-0.3, -0.25) is 0 Å². The molecule has 23 heavy (non-hydrogen) atoms. The maximum atomic E-state index is 10.2. The first-order valence-electron chi connectivity index (χ1n) is 6.68. The molecule has 2 N–H and O–H groups in total. The van der Waals surface area contributed by atoms with E-state index in [-0.39, 0.29) is 19.5 Å². The Labute approximate surface area is 149 Å². The first-order valence-corrected chi connectivity index (χ1v) is 6.68. The summed E-state index contributed by atoms with van der Waals surface area (Å²) in [5.74, 6) is -0.341. The average molecular weight is 367 g/mol. The van der Waals surface area contributed by atoms with Crippen molar-refractivity contribution in [3.05, 3.63) is 77.7 Å². The molecule has 0 atom stereocenters. The van der Waals surface area contributed by atoms with E-state index in [0.29, 0.717) is 11.1 Å². The number of carboxylic acids is 2. The summed E-state index contributed by atoms with van der Waals surface area (Å²) in [5, 5.41) is 16.8. The summed E-state index contributed by atoms with van der Waals surface area (Å²) >= 11 is 0. The fourth-order valence-electron chi connectivity index (χ4n) is 1.16. The number of carbonyl (C=O) groups is 2. The van der Waals surface area contributed by atoms with Gasteiger partial charge in [0.2, 0.25) is 0 Å². The molecule has 2 aromatic rings. The van der Waals surface area contributed by atoms with Crippen LogP contribution in [0.25, 0.3) is 0 Å². The van der Waals surface area contributed by atoms with Gasteiger partial charge in [-0.25, -0.2) is 9.59 Å². The zero-order chi connectivity index (χ0) is 17.0. The van der Waals surface area contributed by atoms with Crippen LogP contribution >= 0.6 is 0 Å². The predicted octanol–water partition coefficient (Wildman–Crippen LogP) is 4.39. The summed E-state index contributed by atoms with van der Waals surface area (Å²) in [5.41, 5.74) is 0.662. The summed E-state index contributed by atoms with van der Waals surface area (Å²) in [6, 6.07) is 16.6. The van der Waals surface area contributed by atoms with Gasteiger partial charge >= 0.3 is 11.9 Å². The summed E-state index contributed by atoms with van der Waals surface area (Å²) in [6.07, 6.45) is 0. The van der Waals surface area contributed by atoms with Crippen molar-refractivity contribution in [2.24, 2.45) is 0 Å². The summed E-state index contributed by atoms with van der Waals surface area (Å²) in [7, 11) is 0. The van der Waals surface area contributed by atoms with Gasteiger partial charge in [0.1, 0.15) is 0 Å². The number of aromatic carboxylic acids is 2. The van der Waals surface area contributed by atoms with Crippen molar-refractivity contribution < 1.29 is 39.3 Å². The van der Waals surface area contributed by atoms with E-state index in [4.69, 9.17) is 10.2 Å². The quantitative estimate of drug-likeness (QED) is 0.610. The molecule has 0 bridgehead atoms. The minimum Gasteiger partial charge on any atom is -0.478 e. The van der Waals surface area contributed by atoms with Crippen molar-refractivity contribution in [3.63, 3.8) is 0 Å². The Morgan fingerprint density at radius 2 is 0.913 bits per heavy atom. The molecule has 0 amide bonds. The number of hydrogen-bond acceptors (Lipinski definition) is 2. The van der Waals surface area contributed by atoms with Crippen LogP contribution in [-0.2, 0) is 19.5 Å². The SMILES string of the molecule is C[C-](C)C.O=C(O)c1ccccc1.O=C(O)c1ccccc1.[Zn]. The van der Waals surface area contributed by atoms with Gasteiger partial charge in [-0.15, -0.1) is 0 Å². The van der Waals surface area contributed by atoms with Crippen molar-refractivity contribution in [2.45, 2.75) is 20.8 Å². The molecule has 0 aliphatic carbocycles. The largest absolute Gasteiger partial charge is 0.478 e. The van der Waals surface area contributed by atoms with E-state index in [1.165, 1.54) is 5.92 Å². The number of carboxylic acid groups (broad SMARTS) is 2. The summed E-state index contributed by atoms with van der Waals surface area (Å²) in [6.45, 7) is 6.25. The number of rotatable bonds is 2. The molecule has 5 heteroatoms. The summed E-state index contributed by atoms with van der Waals surface area (Å²) < 4.78 is 0. The van der Waals surface area contributed by atoms with E-state index in [1.54, 1.807) is 60.7 Å². The second-order valence-corrected chi connectivity index (χ2v) is 4.84. The Balaban J connectivity index is 0. The van der Waals surface area contributed by atoms with Gasteiger partial charge in [-0.1, -0.05) is 36.4 Å². The van der Waals surface area contributed by atoms with E-state index in [0.717, 1.165) is 0 Å². The maximum Gasteiger partial charge on any atom is 0.335 e. The molecule has 0 aromatic heterocycles. The molecule has 120 valence electrons. The van der Waals surface area contributed by atoms with Crippen molar-refractivity contribution in [2.75, 3.05) is 0 Å². The third-order valence-electron chi connectivity index (χ3n) is 2.04. The standard InChI is InChI=1S/2C7H6O2.C4H9.Zn/c2*8-7(9)6-4-2-1-3-5-6;1-4(2)3;/h2*1-5H,(H,8,9);1-3H3;/q;;-1;. The smallest absolute Gasteiger partial charge is 0.335 e. The Kier molecular flexibility index (Phi) is 13.8. The van der Waals surface area contributed by atoms with E-state index in [2.05, 4.69) is 20.8 Å². The first kappa shape index (κ1) is 23.3. The van der Waals surface area contributed by atoms with E-state index < -0.39 is 11.9 Å². The van der Waals surface area contributed by atoms with Gasteiger partial charge < -0.3 is 16.1 Å².